The van der Waals surface area contributed by atoms with E-state index in [9.17, 15) is 0 Å². The standard InChI is InChI=1S/C35H29N2S.C14H16GeN.Ir/c1-21(2)24-14-9-15-25(22(3)4)32(24)37-33-26-12-6-5-11-23(26)19-20-30(33)36-35(37)29-17-10-16-28-27-13-7-8-18-31(27)38-34(28)29;1-15(2,3)13-9-10-14(16-11-13)12-7-5-4-6-8-12;/h5-16,18-22H,1-4H3;4-7,9-11H,1-3H3;/q2*-1;. The molecule has 0 saturated heterocycles. The zero-order chi connectivity index (χ0) is 37.6. The van der Waals surface area contributed by atoms with Crippen LogP contribution in [0.25, 0.3) is 70.3 Å². The molecule has 0 aliphatic heterocycles. The van der Waals surface area contributed by atoms with E-state index in [0.29, 0.717) is 11.8 Å². The SMILES string of the molecule is CC(C)c1cccc(C(C)C)c1-n1c(-c2[c-]ccc3c2sc2ccccc23)nc2ccc3ccccc3c21.[CH3][Ge]([CH3])([CH3])[c]1ccc(-c2[c-]cccc2)nc1.[Ir]. The Balaban J connectivity index is 0.000000231. The Morgan fingerprint density at radius 2 is 1.36 bits per heavy atom. The number of benzene rings is 6. The first-order valence-corrected chi connectivity index (χ1v) is 27.1. The fourth-order valence-electron chi connectivity index (χ4n) is 7.40. The van der Waals surface area contributed by atoms with Gasteiger partial charge in [-0.1, -0.05) is 105 Å². The normalized spacial score (nSPS) is 11.7. The van der Waals surface area contributed by atoms with Gasteiger partial charge in [-0.15, -0.1) is 18.2 Å². The van der Waals surface area contributed by atoms with Gasteiger partial charge in [0, 0.05) is 35.9 Å². The van der Waals surface area contributed by atoms with Crippen LogP contribution in [-0.2, 0) is 20.1 Å². The van der Waals surface area contributed by atoms with Gasteiger partial charge in [-0.25, -0.2) is 0 Å². The molecular weight excluding hydrogens is 927 g/mol. The number of rotatable bonds is 6. The maximum Gasteiger partial charge on any atom is 0 e. The van der Waals surface area contributed by atoms with Crippen molar-refractivity contribution in [3.63, 3.8) is 0 Å². The average molecular weight is 973 g/mol. The van der Waals surface area contributed by atoms with Gasteiger partial charge in [-0.05, 0) is 50.6 Å². The molecular formula is C49H45GeIrN3S-2. The van der Waals surface area contributed by atoms with Gasteiger partial charge in [0.05, 0.1) is 16.9 Å². The summed E-state index contributed by atoms with van der Waals surface area (Å²) >= 11 is 0.121. The van der Waals surface area contributed by atoms with E-state index in [2.05, 4.69) is 170 Å². The summed E-state index contributed by atoms with van der Waals surface area (Å²) in [5.41, 5.74) is 9.26. The van der Waals surface area contributed by atoms with Crippen LogP contribution in [0.4, 0.5) is 0 Å². The van der Waals surface area contributed by atoms with E-state index in [4.69, 9.17) is 4.98 Å². The van der Waals surface area contributed by atoms with Crippen molar-refractivity contribution in [1.82, 2.24) is 14.5 Å². The van der Waals surface area contributed by atoms with E-state index < -0.39 is 13.3 Å². The van der Waals surface area contributed by atoms with Crippen molar-refractivity contribution in [3.05, 3.63) is 157 Å². The number of hydrogen-bond donors (Lipinski definition) is 0. The zero-order valence-electron chi connectivity index (χ0n) is 32.4. The van der Waals surface area contributed by atoms with Crippen LogP contribution in [0.1, 0.15) is 50.7 Å². The smallest absolute Gasteiger partial charge is 0 e. The molecule has 277 valence electrons. The molecule has 6 aromatic carbocycles. The Morgan fingerprint density at radius 1 is 0.655 bits per heavy atom. The number of nitrogens with zero attached hydrogens (tertiary/aromatic N) is 3. The molecule has 0 atom stereocenters. The van der Waals surface area contributed by atoms with E-state index in [1.807, 2.05) is 41.8 Å². The molecule has 0 saturated carbocycles. The number of aromatic nitrogens is 3. The van der Waals surface area contributed by atoms with Gasteiger partial charge in [0.2, 0.25) is 0 Å². The van der Waals surface area contributed by atoms with E-state index in [0.717, 1.165) is 28.2 Å². The van der Waals surface area contributed by atoms with Gasteiger partial charge in [0.15, 0.2) is 0 Å². The number of imidazole rings is 1. The summed E-state index contributed by atoms with van der Waals surface area (Å²) in [4.78, 5) is 9.90. The van der Waals surface area contributed by atoms with Crippen molar-refractivity contribution in [3.8, 4) is 28.3 Å². The molecule has 0 fully saturated rings. The minimum absolute atomic E-state index is 0. The fourth-order valence-corrected chi connectivity index (χ4v) is 10.8. The largest absolute Gasteiger partial charge is 0 e. The predicted octanol–water partition coefficient (Wildman–Crippen LogP) is 13.4. The van der Waals surface area contributed by atoms with Gasteiger partial charge >= 0.3 is 99.8 Å². The Bertz CT molecular complexity index is 2730. The van der Waals surface area contributed by atoms with E-state index in [1.54, 1.807) is 0 Å². The maximum absolute atomic E-state index is 5.37. The molecule has 3 heterocycles. The number of fused-ring (bicyclic) bond motifs is 6. The summed E-state index contributed by atoms with van der Waals surface area (Å²) in [6.07, 6.45) is 2.04. The van der Waals surface area contributed by atoms with Crippen LogP contribution in [0.5, 0.6) is 0 Å². The molecule has 0 spiro atoms. The van der Waals surface area contributed by atoms with Crippen LogP contribution < -0.4 is 4.40 Å². The number of hydrogen-bond acceptors (Lipinski definition) is 3. The summed E-state index contributed by atoms with van der Waals surface area (Å²) < 4.78 is 6.43. The predicted molar refractivity (Wildman–Crippen MR) is 235 cm³/mol. The Hall–Kier alpha value is -4.39. The minimum Gasteiger partial charge on any atom is 0 e. The third-order valence-corrected chi connectivity index (χ3v) is 15.7. The van der Waals surface area contributed by atoms with Crippen molar-refractivity contribution in [2.45, 2.75) is 56.8 Å². The molecule has 6 heteroatoms. The van der Waals surface area contributed by atoms with Crippen molar-refractivity contribution in [1.29, 1.82) is 0 Å². The molecule has 55 heavy (non-hydrogen) atoms. The monoisotopic (exact) mass is 974 g/mol. The topological polar surface area (TPSA) is 30.7 Å². The molecule has 1 radical (unpaired) electrons. The van der Waals surface area contributed by atoms with Gasteiger partial charge in [-0.3, -0.25) is 4.98 Å². The molecule has 3 aromatic heterocycles. The van der Waals surface area contributed by atoms with Crippen LogP contribution in [-0.4, -0.2) is 27.8 Å². The van der Waals surface area contributed by atoms with Gasteiger partial charge < -0.3 is 4.57 Å². The molecule has 0 N–H and O–H groups in total. The van der Waals surface area contributed by atoms with Crippen molar-refractivity contribution in [2.75, 3.05) is 0 Å². The van der Waals surface area contributed by atoms with Crippen LogP contribution in [0, 0.1) is 12.1 Å². The molecule has 9 aromatic rings. The zero-order valence-corrected chi connectivity index (χ0v) is 37.7. The fraction of sp³-hybridized carbons (Fsp3) is 0.184. The number of thiophene rings is 1. The van der Waals surface area contributed by atoms with Crippen LogP contribution in [0.3, 0.4) is 0 Å². The van der Waals surface area contributed by atoms with E-state index >= 15 is 0 Å². The van der Waals surface area contributed by atoms with Crippen molar-refractivity contribution in [2.24, 2.45) is 0 Å². The average Bonchev–Trinajstić information content (AvgIpc) is 3.77. The maximum atomic E-state index is 5.37. The van der Waals surface area contributed by atoms with Crippen LogP contribution in [0.2, 0.25) is 17.3 Å². The summed E-state index contributed by atoms with van der Waals surface area (Å²) in [7, 11) is 0. The van der Waals surface area contributed by atoms with Crippen molar-refractivity contribution < 1.29 is 20.1 Å². The van der Waals surface area contributed by atoms with Crippen LogP contribution >= 0.6 is 11.3 Å². The molecule has 0 unspecified atom stereocenters. The summed E-state index contributed by atoms with van der Waals surface area (Å²) in [5, 5.41) is 5.01. The summed E-state index contributed by atoms with van der Waals surface area (Å²) in [5.74, 6) is 8.84. The van der Waals surface area contributed by atoms with E-state index in [1.165, 1.54) is 57.7 Å². The summed E-state index contributed by atoms with van der Waals surface area (Å²) in [6, 6.07) is 51.9. The molecule has 3 nitrogen and oxygen atoms in total. The van der Waals surface area contributed by atoms with Gasteiger partial charge in [-0.2, -0.15) is 11.3 Å². The molecule has 0 amide bonds. The Kier molecular flexibility index (Phi) is 11.3. The quantitative estimate of drug-likeness (QED) is 0.123. The second kappa shape index (κ2) is 16.0. The molecule has 0 aliphatic carbocycles. The first-order chi connectivity index (χ1) is 26.1. The first-order valence-electron chi connectivity index (χ1n) is 18.9. The Morgan fingerprint density at radius 3 is 2.04 bits per heavy atom. The van der Waals surface area contributed by atoms with Gasteiger partial charge in [0.25, 0.3) is 0 Å². The van der Waals surface area contributed by atoms with E-state index in [-0.39, 0.29) is 20.1 Å². The van der Waals surface area contributed by atoms with Crippen LogP contribution in [0.15, 0.2) is 134 Å². The minimum atomic E-state index is -1.72. The molecule has 0 aliphatic rings. The summed E-state index contributed by atoms with van der Waals surface area (Å²) in [6.45, 7) is 9.16. The van der Waals surface area contributed by atoms with Crippen molar-refractivity contribution >= 4 is 71.0 Å². The Labute approximate surface area is 345 Å². The van der Waals surface area contributed by atoms with Gasteiger partial charge in [0.1, 0.15) is 0 Å². The second-order valence-corrected chi connectivity index (χ2v) is 27.4. The number of para-hydroxylation sites is 1. The molecule has 9 rings (SSSR count). The number of pyridine rings is 1. The molecule has 0 bridgehead atoms. The third-order valence-electron chi connectivity index (χ3n) is 10.3. The first kappa shape index (κ1) is 38.9. The third kappa shape index (κ3) is 7.48. The second-order valence-electron chi connectivity index (χ2n) is 15.7.